The zero-order valence-electron chi connectivity index (χ0n) is 12.9. The Morgan fingerprint density at radius 2 is 2.18 bits per heavy atom. The second kappa shape index (κ2) is 9.10. The molecular formula is C12H25N5O5. The van der Waals surface area contributed by atoms with Gasteiger partial charge in [0.05, 0.1) is 12.3 Å². The van der Waals surface area contributed by atoms with Gasteiger partial charge in [-0.2, -0.15) is 0 Å². The Labute approximate surface area is 129 Å². The molecule has 0 aromatic rings. The van der Waals surface area contributed by atoms with Crippen LogP contribution in [0.5, 0.6) is 0 Å². The molecular weight excluding hydrogens is 294 g/mol. The molecule has 10 heteroatoms. The van der Waals surface area contributed by atoms with Crippen LogP contribution < -0.4 is 21.0 Å². The fraction of sp³-hybridized carbons (Fsp3) is 0.833. The average Bonchev–Trinajstić information content (AvgIpc) is 2.46. The molecule has 0 fully saturated rings. The third kappa shape index (κ3) is 5.25. The SMILES string of the molecule is CCC(C1=CCC(C(C[NH+]([O-])O)[NH+](C)[O-])CC1)[NH+]([O-])NN=O. The number of likely N-dealkylation sites (N-methyl/N-ethyl adjacent to an activating group) is 1. The summed E-state index contributed by atoms with van der Waals surface area (Å²) in [4.78, 5) is 10.1. The lowest BCUT2D eigenvalue weighted by Crippen LogP contribution is -3.17. The van der Waals surface area contributed by atoms with Crippen molar-refractivity contribution in [3.8, 4) is 0 Å². The Hall–Kier alpha value is -1.14. The second-order valence-corrected chi connectivity index (χ2v) is 5.66. The molecule has 22 heavy (non-hydrogen) atoms. The Balaban J connectivity index is 2.71. The van der Waals surface area contributed by atoms with E-state index in [0.717, 1.165) is 5.57 Å². The molecule has 5 N–H and O–H groups in total. The third-order valence-corrected chi connectivity index (χ3v) is 4.30. The predicted molar refractivity (Wildman–Crippen MR) is 77.8 cm³/mol. The van der Waals surface area contributed by atoms with Crippen molar-refractivity contribution in [2.75, 3.05) is 13.6 Å². The lowest BCUT2D eigenvalue weighted by molar-refractivity contribution is -1.06. The van der Waals surface area contributed by atoms with Gasteiger partial charge < -0.3 is 20.7 Å². The van der Waals surface area contributed by atoms with E-state index in [0.29, 0.717) is 25.7 Å². The molecule has 6 unspecified atom stereocenters. The van der Waals surface area contributed by atoms with E-state index in [1.165, 1.54) is 7.05 Å². The maximum Gasteiger partial charge on any atom is 0.159 e. The smallest absolute Gasteiger partial charge is 0.159 e. The van der Waals surface area contributed by atoms with Crippen LogP contribution in [0.2, 0.25) is 0 Å². The number of hydrogen-bond acceptors (Lipinski definition) is 6. The van der Waals surface area contributed by atoms with Crippen LogP contribution in [0.4, 0.5) is 0 Å². The van der Waals surface area contributed by atoms with Crippen molar-refractivity contribution >= 4 is 0 Å². The maximum absolute atomic E-state index is 11.8. The summed E-state index contributed by atoms with van der Waals surface area (Å²) in [5.74, 6) is -0.0119. The maximum atomic E-state index is 11.8. The molecule has 0 aliphatic heterocycles. The number of hydroxylamine groups is 5. The Kier molecular flexibility index (Phi) is 7.82. The lowest BCUT2D eigenvalue weighted by Gasteiger charge is -2.37. The summed E-state index contributed by atoms with van der Waals surface area (Å²) >= 11 is 0. The van der Waals surface area contributed by atoms with Gasteiger partial charge >= 0.3 is 0 Å². The lowest BCUT2D eigenvalue weighted by atomic mass is 9.82. The Morgan fingerprint density at radius 3 is 2.59 bits per heavy atom. The van der Waals surface area contributed by atoms with Crippen LogP contribution in [0.15, 0.2) is 16.9 Å². The van der Waals surface area contributed by atoms with Crippen LogP contribution >= 0.6 is 0 Å². The molecule has 0 aromatic heterocycles. The highest BCUT2D eigenvalue weighted by Gasteiger charge is 2.32. The van der Waals surface area contributed by atoms with Gasteiger partial charge in [0.1, 0.15) is 12.1 Å². The molecule has 0 aromatic carbocycles. The summed E-state index contributed by atoms with van der Waals surface area (Å²) in [7, 11) is 1.42. The van der Waals surface area contributed by atoms with Gasteiger partial charge in [0, 0.05) is 12.3 Å². The summed E-state index contributed by atoms with van der Waals surface area (Å²) in [5, 5.41) is 44.1. The van der Waals surface area contributed by atoms with E-state index in [9.17, 15) is 20.5 Å². The van der Waals surface area contributed by atoms with E-state index < -0.39 is 22.5 Å². The highest BCUT2D eigenvalue weighted by molar-refractivity contribution is 5.12. The zero-order valence-corrected chi connectivity index (χ0v) is 12.9. The fourth-order valence-corrected chi connectivity index (χ4v) is 3.13. The molecule has 10 nitrogen and oxygen atoms in total. The summed E-state index contributed by atoms with van der Waals surface area (Å²) in [6, 6.07) is -0.880. The van der Waals surface area contributed by atoms with Crippen molar-refractivity contribution in [3.05, 3.63) is 32.2 Å². The van der Waals surface area contributed by atoms with E-state index in [2.05, 4.69) is 5.29 Å². The largest absolute Gasteiger partial charge is 0.634 e. The molecule has 0 spiro atoms. The predicted octanol–water partition coefficient (Wildman–Crippen LogP) is -2.79. The minimum absolute atomic E-state index is 0.0119. The molecule has 1 rings (SSSR count). The number of hydrogen-bond donors (Lipinski definition) is 5. The standard InChI is InChI=1S/C12H25N5O5/c1-3-11(17(22)13-14-18)9-4-6-10(7-5-9)12(15(2)19)8-16(20)21/h4,10-12,15-17,20H,3,5-8H2,1-2H3,(H,13,18). The van der Waals surface area contributed by atoms with E-state index in [-0.39, 0.29) is 17.5 Å². The van der Waals surface area contributed by atoms with Crippen LogP contribution in [-0.4, -0.2) is 30.9 Å². The monoisotopic (exact) mass is 319 g/mol. The molecule has 0 amide bonds. The molecule has 0 heterocycles. The van der Waals surface area contributed by atoms with Gasteiger partial charge in [0.15, 0.2) is 6.54 Å². The number of nitroso groups, excluding NO2 is 1. The number of nitrogens with one attached hydrogen (secondary N) is 4. The van der Waals surface area contributed by atoms with Crippen molar-refractivity contribution in [1.29, 1.82) is 0 Å². The van der Waals surface area contributed by atoms with Gasteiger partial charge in [-0.1, -0.05) is 13.0 Å². The van der Waals surface area contributed by atoms with E-state index in [1.54, 1.807) is 0 Å². The summed E-state index contributed by atoms with van der Waals surface area (Å²) in [6.07, 6.45) is 4.33. The molecule has 0 radical (unpaired) electrons. The first-order valence-corrected chi connectivity index (χ1v) is 7.44. The minimum Gasteiger partial charge on any atom is -0.634 e. The van der Waals surface area contributed by atoms with Crippen molar-refractivity contribution in [1.82, 2.24) is 5.53 Å². The minimum atomic E-state index is -0.974. The van der Waals surface area contributed by atoms with E-state index in [1.807, 2.05) is 18.5 Å². The fourth-order valence-electron chi connectivity index (χ4n) is 3.13. The van der Waals surface area contributed by atoms with Crippen LogP contribution in [0, 0.1) is 26.4 Å². The van der Waals surface area contributed by atoms with E-state index in [4.69, 9.17) is 5.21 Å². The number of rotatable bonds is 9. The van der Waals surface area contributed by atoms with Crippen LogP contribution in [-0.2, 0) is 0 Å². The zero-order chi connectivity index (χ0) is 16.7. The Morgan fingerprint density at radius 1 is 1.50 bits per heavy atom. The highest BCUT2D eigenvalue weighted by atomic mass is 16.8. The molecule has 0 saturated carbocycles. The van der Waals surface area contributed by atoms with E-state index >= 15 is 0 Å². The molecule has 1 aliphatic rings. The van der Waals surface area contributed by atoms with Gasteiger partial charge in [-0.15, -0.1) is 10.4 Å². The summed E-state index contributed by atoms with van der Waals surface area (Å²) in [6.45, 7) is 1.70. The first kappa shape index (κ1) is 18.9. The number of allylic oxidation sites excluding steroid dienone is 1. The van der Waals surface area contributed by atoms with Gasteiger partial charge in [-0.05, 0) is 24.8 Å². The second-order valence-electron chi connectivity index (χ2n) is 5.66. The Bertz CT molecular complexity index is 379. The first-order valence-electron chi connectivity index (χ1n) is 7.44. The van der Waals surface area contributed by atoms with Gasteiger partial charge in [-0.3, -0.25) is 0 Å². The molecule has 0 bridgehead atoms. The van der Waals surface area contributed by atoms with Crippen molar-refractivity contribution < 1.29 is 20.7 Å². The highest BCUT2D eigenvalue weighted by Crippen LogP contribution is 2.27. The number of nitrogens with zero attached hydrogens (tertiary/aromatic N) is 1. The van der Waals surface area contributed by atoms with Crippen molar-refractivity contribution in [2.24, 2.45) is 11.2 Å². The normalized spacial score (nSPS) is 25.5. The van der Waals surface area contributed by atoms with Crippen LogP contribution in [0.25, 0.3) is 0 Å². The summed E-state index contributed by atoms with van der Waals surface area (Å²) in [5.41, 5.74) is 2.86. The summed E-state index contributed by atoms with van der Waals surface area (Å²) < 4.78 is 0. The van der Waals surface area contributed by atoms with Crippen molar-refractivity contribution in [3.63, 3.8) is 0 Å². The first-order chi connectivity index (χ1) is 10.4. The van der Waals surface area contributed by atoms with Gasteiger partial charge in [0.2, 0.25) is 0 Å². The van der Waals surface area contributed by atoms with Crippen molar-refractivity contribution in [2.45, 2.75) is 44.7 Å². The topological polar surface area (TPSA) is 144 Å². The average molecular weight is 319 g/mol. The molecule has 128 valence electrons. The molecule has 6 atom stereocenters. The number of quaternary nitrogens is 3. The quantitative estimate of drug-likeness (QED) is 0.177. The molecule has 1 aliphatic carbocycles. The van der Waals surface area contributed by atoms with Crippen LogP contribution in [0.3, 0.4) is 0 Å². The van der Waals surface area contributed by atoms with Crippen LogP contribution in [0.1, 0.15) is 32.6 Å². The third-order valence-electron chi connectivity index (χ3n) is 4.30. The molecule has 0 saturated heterocycles. The van der Waals surface area contributed by atoms with Gasteiger partial charge in [0.25, 0.3) is 0 Å². The van der Waals surface area contributed by atoms with Gasteiger partial charge in [-0.25, -0.2) is 15.6 Å².